The van der Waals surface area contributed by atoms with Crippen molar-refractivity contribution in [1.29, 1.82) is 0 Å². The Morgan fingerprint density at radius 2 is 2.06 bits per heavy atom. The molecule has 0 aromatic carbocycles. The first-order valence-electron chi connectivity index (χ1n) is 6.40. The van der Waals surface area contributed by atoms with Crippen molar-refractivity contribution in [2.45, 2.75) is 44.7 Å². The SMILES string of the molecule is Nc1ccc(=O)n(CC(=O)NC2CCCCC2)c1. The van der Waals surface area contributed by atoms with Gasteiger partial charge in [0.1, 0.15) is 6.54 Å². The van der Waals surface area contributed by atoms with Crippen LogP contribution in [-0.2, 0) is 11.3 Å². The molecule has 1 saturated carbocycles. The first-order valence-corrected chi connectivity index (χ1v) is 6.40. The van der Waals surface area contributed by atoms with Gasteiger partial charge in [0.2, 0.25) is 5.91 Å². The quantitative estimate of drug-likeness (QED) is 0.834. The van der Waals surface area contributed by atoms with Crippen LogP contribution in [0.4, 0.5) is 5.69 Å². The monoisotopic (exact) mass is 249 g/mol. The van der Waals surface area contributed by atoms with E-state index in [4.69, 9.17) is 5.73 Å². The van der Waals surface area contributed by atoms with Crippen LogP contribution < -0.4 is 16.6 Å². The fraction of sp³-hybridized carbons (Fsp3) is 0.538. The maximum Gasteiger partial charge on any atom is 0.251 e. The lowest BCUT2D eigenvalue weighted by molar-refractivity contribution is -0.122. The number of aromatic nitrogens is 1. The van der Waals surface area contributed by atoms with Crippen LogP contribution in [0.1, 0.15) is 32.1 Å². The van der Waals surface area contributed by atoms with E-state index in [1.54, 1.807) is 0 Å². The molecule has 0 unspecified atom stereocenters. The van der Waals surface area contributed by atoms with E-state index in [1.807, 2.05) is 0 Å². The standard InChI is InChI=1S/C13H19N3O2/c14-10-6-7-13(18)16(8-10)9-12(17)15-11-4-2-1-3-5-11/h6-8,11H,1-5,9,14H2,(H,15,17). The van der Waals surface area contributed by atoms with Gasteiger partial charge in [0, 0.05) is 24.0 Å². The van der Waals surface area contributed by atoms with Crippen LogP contribution in [0, 0.1) is 0 Å². The predicted molar refractivity (Wildman–Crippen MR) is 70.1 cm³/mol. The van der Waals surface area contributed by atoms with E-state index >= 15 is 0 Å². The number of nitrogens with one attached hydrogen (secondary N) is 1. The van der Waals surface area contributed by atoms with Crippen molar-refractivity contribution in [1.82, 2.24) is 9.88 Å². The summed E-state index contributed by atoms with van der Waals surface area (Å²) in [5, 5.41) is 2.97. The van der Waals surface area contributed by atoms with Crippen LogP contribution in [0.3, 0.4) is 0 Å². The largest absolute Gasteiger partial charge is 0.398 e. The van der Waals surface area contributed by atoms with Crippen LogP contribution in [0.25, 0.3) is 0 Å². The number of hydrogen-bond acceptors (Lipinski definition) is 3. The molecule has 1 aliphatic carbocycles. The molecule has 1 amide bonds. The van der Waals surface area contributed by atoms with E-state index in [2.05, 4.69) is 5.32 Å². The number of pyridine rings is 1. The van der Waals surface area contributed by atoms with E-state index in [0.717, 1.165) is 12.8 Å². The molecule has 1 aromatic heterocycles. The maximum atomic E-state index is 11.8. The number of nitrogen functional groups attached to an aromatic ring is 1. The van der Waals surface area contributed by atoms with Gasteiger partial charge in [-0.1, -0.05) is 19.3 Å². The van der Waals surface area contributed by atoms with Crippen molar-refractivity contribution >= 4 is 11.6 Å². The van der Waals surface area contributed by atoms with Crippen LogP contribution >= 0.6 is 0 Å². The molecule has 1 aliphatic rings. The smallest absolute Gasteiger partial charge is 0.251 e. The number of hydrogen-bond donors (Lipinski definition) is 2. The summed E-state index contributed by atoms with van der Waals surface area (Å²) in [4.78, 5) is 23.4. The lowest BCUT2D eigenvalue weighted by Crippen LogP contribution is -2.39. The van der Waals surface area contributed by atoms with Crippen molar-refractivity contribution in [2.75, 3.05) is 5.73 Å². The van der Waals surface area contributed by atoms with Gasteiger partial charge in [-0.15, -0.1) is 0 Å². The van der Waals surface area contributed by atoms with Gasteiger partial charge in [-0.05, 0) is 18.9 Å². The van der Waals surface area contributed by atoms with Gasteiger partial charge in [0.05, 0.1) is 0 Å². The number of amides is 1. The summed E-state index contributed by atoms with van der Waals surface area (Å²) in [5.74, 6) is -0.116. The van der Waals surface area contributed by atoms with Gasteiger partial charge in [0.15, 0.2) is 0 Å². The van der Waals surface area contributed by atoms with Crippen LogP contribution in [0.15, 0.2) is 23.1 Å². The second-order valence-electron chi connectivity index (χ2n) is 4.83. The second-order valence-corrected chi connectivity index (χ2v) is 4.83. The number of carbonyl (C=O) groups excluding carboxylic acids is 1. The Bertz CT molecular complexity index is 475. The summed E-state index contributed by atoms with van der Waals surface area (Å²) >= 11 is 0. The van der Waals surface area contributed by atoms with Gasteiger partial charge in [0.25, 0.3) is 5.56 Å². The fourth-order valence-electron chi connectivity index (χ4n) is 2.35. The van der Waals surface area contributed by atoms with Crippen LogP contribution in [-0.4, -0.2) is 16.5 Å². The minimum absolute atomic E-state index is 0.0420. The molecular weight excluding hydrogens is 230 g/mol. The minimum Gasteiger partial charge on any atom is -0.398 e. The van der Waals surface area contributed by atoms with Gasteiger partial charge in [-0.25, -0.2) is 0 Å². The molecule has 2 rings (SSSR count). The van der Waals surface area contributed by atoms with Crippen molar-refractivity contribution in [3.63, 3.8) is 0 Å². The van der Waals surface area contributed by atoms with Crippen molar-refractivity contribution in [2.24, 2.45) is 0 Å². The Kier molecular flexibility index (Phi) is 4.02. The van der Waals surface area contributed by atoms with Gasteiger partial charge in [-0.2, -0.15) is 0 Å². The van der Waals surface area contributed by atoms with Gasteiger partial charge in [-0.3, -0.25) is 9.59 Å². The molecule has 5 nitrogen and oxygen atoms in total. The summed E-state index contributed by atoms with van der Waals surface area (Å²) in [6, 6.07) is 3.18. The average Bonchev–Trinajstić information content (AvgIpc) is 2.35. The Labute approximate surface area is 106 Å². The zero-order valence-corrected chi connectivity index (χ0v) is 10.4. The molecule has 0 spiro atoms. The zero-order valence-electron chi connectivity index (χ0n) is 10.4. The third-order valence-corrected chi connectivity index (χ3v) is 3.29. The molecule has 0 saturated heterocycles. The highest BCUT2D eigenvalue weighted by Gasteiger charge is 2.15. The molecule has 0 aliphatic heterocycles. The number of nitrogens with two attached hydrogens (primary N) is 1. The topological polar surface area (TPSA) is 77.1 Å². The molecule has 0 radical (unpaired) electrons. The number of rotatable bonds is 3. The Hall–Kier alpha value is -1.78. The molecule has 1 heterocycles. The molecule has 98 valence electrons. The molecule has 18 heavy (non-hydrogen) atoms. The minimum atomic E-state index is -0.206. The van der Waals surface area contributed by atoms with Crippen LogP contribution in [0.2, 0.25) is 0 Å². The molecule has 0 bridgehead atoms. The highest BCUT2D eigenvalue weighted by atomic mass is 16.2. The van der Waals surface area contributed by atoms with Gasteiger partial charge < -0.3 is 15.6 Å². The number of nitrogens with zero attached hydrogens (tertiary/aromatic N) is 1. The Morgan fingerprint density at radius 1 is 1.33 bits per heavy atom. The first kappa shape index (κ1) is 12.7. The second kappa shape index (κ2) is 5.71. The molecular formula is C13H19N3O2. The summed E-state index contributed by atoms with van der Waals surface area (Å²) in [6.45, 7) is 0.0420. The highest BCUT2D eigenvalue weighted by molar-refractivity contribution is 5.76. The average molecular weight is 249 g/mol. The van der Waals surface area contributed by atoms with E-state index in [-0.39, 0.29) is 24.1 Å². The molecule has 0 atom stereocenters. The maximum absolute atomic E-state index is 11.8. The van der Waals surface area contributed by atoms with Crippen molar-refractivity contribution < 1.29 is 4.79 Å². The zero-order chi connectivity index (χ0) is 13.0. The van der Waals surface area contributed by atoms with E-state index in [1.165, 1.54) is 42.2 Å². The van der Waals surface area contributed by atoms with Gasteiger partial charge >= 0.3 is 0 Å². The van der Waals surface area contributed by atoms with Crippen molar-refractivity contribution in [3.8, 4) is 0 Å². The molecule has 5 heteroatoms. The summed E-state index contributed by atoms with van der Waals surface area (Å²) in [6.07, 6.45) is 7.17. The third kappa shape index (κ3) is 3.35. The summed E-state index contributed by atoms with van der Waals surface area (Å²) in [7, 11) is 0. The molecule has 1 aromatic rings. The summed E-state index contributed by atoms with van der Waals surface area (Å²) in [5.41, 5.74) is 5.88. The Balaban J connectivity index is 1.94. The summed E-state index contributed by atoms with van der Waals surface area (Å²) < 4.78 is 1.34. The third-order valence-electron chi connectivity index (χ3n) is 3.29. The lowest BCUT2D eigenvalue weighted by atomic mass is 9.95. The highest BCUT2D eigenvalue weighted by Crippen LogP contribution is 2.17. The number of carbonyl (C=O) groups is 1. The van der Waals surface area contributed by atoms with E-state index in [9.17, 15) is 9.59 Å². The van der Waals surface area contributed by atoms with E-state index < -0.39 is 0 Å². The van der Waals surface area contributed by atoms with Crippen LogP contribution in [0.5, 0.6) is 0 Å². The molecule has 1 fully saturated rings. The normalized spacial score (nSPS) is 16.4. The van der Waals surface area contributed by atoms with Crippen molar-refractivity contribution in [3.05, 3.63) is 28.7 Å². The number of anilines is 1. The Morgan fingerprint density at radius 3 is 2.78 bits per heavy atom. The fourth-order valence-corrected chi connectivity index (χ4v) is 2.35. The molecule has 3 N–H and O–H groups in total. The van der Waals surface area contributed by atoms with E-state index in [0.29, 0.717) is 5.69 Å². The lowest BCUT2D eigenvalue weighted by Gasteiger charge is -2.22. The predicted octanol–water partition coefficient (Wildman–Crippen LogP) is 0.879. The first-order chi connectivity index (χ1) is 8.65.